The van der Waals surface area contributed by atoms with Gasteiger partial charge in [-0.2, -0.15) is 5.10 Å². The van der Waals surface area contributed by atoms with Crippen LogP contribution in [-0.4, -0.2) is 45.0 Å². The first-order valence-electron chi connectivity index (χ1n) is 6.09. The summed E-state index contributed by atoms with van der Waals surface area (Å²) >= 11 is 0. The minimum atomic E-state index is -0.258. The van der Waals surface area contributed by atoms with Crippen molar-refractivity contribution in [3.63, 3.8) is 0 Å². The molecule has 0 bridgehead atoms. The predicted molar refractivity (Wildman–Crippen MR) is 68.5 cm³/mol. The van der Waals surface area contributed by atoms with E-state index in [0.717, 1.165) is 25.3 Å². The van der Waals surface area contributed by atoms with E-state index in [9.17, 15) is 0 Å². The molecule has 0 saturated heterocycles. The molecule has 1 aromatic rings. The molecule has 0 radical (unpaired) electrons. The van der Waals surface area contributed by atoms with E-state index in [4.69, 9.17) is 10.8 Å². The Kier molecular flexibility index (Phi) is 5.11. The molecule has 0 aromatic carbocycles. The molecule has 0 aliphatic rings. The second-order valence-electron chi connectivity index (χ2n) is 5.06. The zero-order valence-electron chi connectivity index (χ0n) is 11.1. The fourth-order valence-corrected chi connectivity index (χ4v) is 1.94. The van der Waals surface area contributed by atoms with Gasteiger partial charge in [-0.15, -0.1) is 0 Å². The van der Waals surface area contributed by atoms with Crippen molar-refractivity contribution in [1.29, 1.82) is 0 Å². The number of aliphatic hydroxyl groups is 1. The Labute approximate surface area is 103 Å². The van der Waals surface area contributed by atoms with Crippen LogP contribution in [0, 0.1) is 0 Å². The molecule has 1 rings (SSSR count). The first kappa shape index (κ1) is 14.2. The maximum atomic E-state index is 9.08. The highest BCUT2D eigenvalue weighted by atomic mass is 16.3. The predicted octanol–water partition coefficient (Wildman–Crippen LogP) is 0.435. The molecular formula is C12H24N4O. The number of aryl methyl sites for hydroxylation is 1. The van der Waals surface area contributed by atoms with Gasteiger partial charge in [0.05, 0.1) is 12.3 Å². The molecule has 0 atom stereocenters. The lowest BCUT2D eigenvalue weighted by atomic mass is 10.1. The Hall–Kier alpha value is -0.910. The second-order valence-corrected chi connectivity index (χ2v) is 5.06. The van der Waals surface area contributed by atoms with Crippen molar-refractivity contribution in [2.24, 2.45) is 5.73 Å². The van der Waals surface area contributed by atoms with Gasteiger partial charge in [0, 0.05) is 37.9 Å². The topological polar surface area (TPSA) is 67.3 Å². The normalized spacial score (nSPS) is 12.4. The zero-order chi connectivity index (χ0) is 12.9. The van der Waals surface area contributed by atoms with E-state index in [2.05, 4.69) is 16.9 Å². The van der Waals surface area contributed by atoms with Crippen LogP contribution in [0.1, 0.15) is 26.5 Å². The average molecular weight is 240 g/mol. The number of nitrogens with zero attached hydrogens (tertiary/aromatic N) is 3. The lowest BCUT2D eigenvalue weighted by Crippen LogP contribution is -2.46. The molecular weight excluding hydrogens is 216 g/mol. The highest BCUT2D eigenvalue weighted by Gasteiger charge is 2.17. The Morgan fingerprint density at radius 3 is 2.76 bits per heavy atom. The Bertz CT molecular complexity index is 329. The van der Waals surface area contributed by atoms with Crippen molar-refractivity contribution in [3.05, 3.63) is 18.0 Å². The third-order valence-corrected chi connectivity index (χ3v) is 2.54. The number of hydrogen-bond acceptors (Lipinski definition) is 4. The van der Waals surface area contributed by atoms with Gasteiger partial charge in [0.2, 0.25) is 0 Å². The molecule has 0 spiro atoms. The van der Waals surface area contributed by atoms with Crippen LogP contribution in [-0.2, 0) is 13.1 Å². The fraction of sp³-hybridized carbons (Fsp3) is 0.750. The molecule has 5 heteroatoms. The van der Waals surface area contributed by atoms with Crippen LogP contribution in [0.4, 0.5) is 0 Å². The first-order valence-corrected chi connectivity index (χ1v) is 6.09. The summed E-state index contributed by atoms with van der Waals surface area (Å²) in [5, 5.41) is 13.3. The summed E-state index contributed by atoms with van der Waals surface area (Å²) in [6.45, 7) is 9.23. The molecule has 0 aliphatic heterocycles. The van der Waals surface area contributed by atoms with Crippen molar-refractivity contribution >= 4 is 0 Å². The molecule has 0 amide bonds. The Balaban J connectivity index is 2.66. The van der Waals surface area contributed by atoms with Crippen LogP contribution < -0.4 is 5.73 Å². The SMILES string of the molecule is CCn1nccc1CN(CCO)CC(C)(C)N. The summed E-state index contributed by atoms with van der Waals surface area (Å²) < 4.78 is 1.97. The fourth-order valence-electron chi connectivity index (χ4n) is 1.94. The Morgan fingerprint density at radius 2 is 2.24 bits per heavy atom. The van der Waals surface area contributed by atoms with Gasteiger partial charge in [-0.1, -0.05) is 0 Å². The number of nitrogens with two attached hydrogens (primary N) is 1. The highest BCUT2D eigenvalue weighted by molar-refractivity contribution is 5.00. The van der Waals surface area contributed by atoms with Crippen LogP contribution in [0.3, 0.4) is 0 Å². The van der Waals surface area contributed by atoms with E-state index in [1.165, 1.54) is 0 Å². The maximum Gasteiger partial charge on any atom is 0.0558 e. The van der Waals surface area contributed by atoms with E-state index in [-0.39, 0.29) is 12.1 Å². The van der Waals surface area contributed by atoms with Gasteiger partial charge in [0.25, 0.3) is 0 Å². The molecule has 17 heavy (non-hydrogen) atoms. The maximum absolute atomic E-state index is 9.08. The minimum Gasteiger partial charge on any atom is -0.395 e. The second kappa shape index (κ2) is 6.14. The van der Waals surface area contributed by atoms with Crippen molar-refractivity contribution in [3.8, 4) is 0 Å². The molecule has 3 N–H and O–H groups in total. The first-order chi connectivity index (χ1) is 7.96. The summed E-state index contributed by atoms with van der Waals surface area (Å²) in [7, 11) is 0. The standard InChI is InChI=1S/C12H24N4O/c1-4-16-11(5-6-14-16)9-15(7-8-17)10-12(2,3)13/h5-6,17H,4,7-10,13H2,1-3H3. The van der Waals surface area contributed by atoms with Gasteiger partial charge >= 0.3 is 0 Å². The van der Waals surface area contributed by atoms with Crippen molar-refractivity contribution in [2.45, 2.75) is 39.4 Å². The van der Waals surface area contributed by atoms with Crippen molar-refractivity contribution < 1.29 is 5.11 Å². The van der Waals surface area contributed by atoms with E-state index in [1.807, 2.05) is 30.8 Å². The van der Waals surface area contributed by atoms with Crippen LogP contribution in [0.2, 0.25) is 0 Å². The minimum absolute atomic E-state index is 0.149. The van der Waals surface area contributed by atoms with E-state index in [1.54, 1.807) is 0 Å². The van der Waals surface area contributed by atoms with Gasteiger partial charge in [-0.3, -0.25) is 9.58 Å². The third-order valence-electron chi connectivity index (χ3n) is 2.54. The highest BCUT2D eigenvalue weighted by Crippen LogP contribution is 2.08. The van der Waals surface area contributed by atoms with E-state index >= 15 is 0 Å². The Morgan fingerprint density at radius 1 is 1.53 bits per heavy atom. The van der Waals surface area contributed by atoms with Gasteiger partial charge in [-0.25, -0.2) is 0 Å². The quantitative estimate of drug-likeness (QED) is 0.725. The van der Waals surface area contributed by atoms with Crippen LogP contribution >= 0.6 is 0 Å². The zero-order valence-corrected chi connectivity index (χ0v) is 11.1. The molecule has 0 saturated carbocycles. The summed E-state index contributed by atoms with van der Waals surface area (Å²) in [5.41, 5.74) is 6.92. The lowest BCUT2D eigenvalue weighted by Gasteiger charge is -2.29. The number of aromatic nitrogens is 2. The molecule has 0 unspecified atom stereocenters. The monoisotopic (exact) mass is 240 g/mol. The van der Waals surface area contributed by atoms with Gasteiger partial charge in [-0.05, 0) is 26.8 Å². The average Bonchev–Trinajstić information content (AvgIpc) is 2.63. The van der Waals surface area contributed by atoms with Crippen LogP contribution in [0.15, 0.2) is 12.3 Å². The van der Waals surface area contributed by atoms with E-state index in [0.29, 0.717) is 6.54 Å². The van der Waals surface area contributed by atoms with Gasteiger partial charge in [0.15, 0.2) is 0 Å². The molecule has 1 aromatic heterocycles. The van der Waals surface area contributed by atoms with Crippen molar-refractivity contribution in [1.82, 2.24) is 14.7 Å². The molecule has 5 nitrogen and oxygen atoms in total. The summed E-state index contributed by atoms with van der Waals surface area (Å²) in [6, 6.07) is 2.01. The molecule has 0 aliphatic carbocycles. The molecule has 1 heterocycles. The third kappa shape index (κ3) is 4.85. The van der Waals surface area contributed by atoms with Gasteiger partial charge in [0.1, 0.15) is 0 Å². The van der Waals surface area contributed by atoms with Gasteiger partial charge < -0.3 is 10.8 Å². The van der Waals surface area contributed by atoms with Crippen LogP contribution in [0.25, 0.3) is 0 Å². The smallest absolute Gasteiger partial charge is 0.0558 e. The number of hydrogen-bond donors (Lipinski definition) is 2. The van der Waals surface area contributed by atoms with E-state index < -0.39 is 0 Å². The molecule has 98 valence electrons. The lowest BCUT2D eigenvalue weighted by molar-refractivity contribution is 0.163. The van der Waals surface area contributed by atoms with Crippen LogP contribution in [0.5, 0.6) is 0 Å². The van der Waals surface area contributed by atoms with Crippen molar-refractivity contribution in [2.75, 3.05) is 19.7 Å². The summed E-state index contributed by atoms with van der Waals surface area (Å²) in [6.07, 6.45) is 1.81. The largest absolute Gasteiger partial charge is 0.395 e. The summed E-state index contributed by atoms with van der Waals surface area (Å²) in [4.78, 5) is 2.16. The molecule has 0 fully saturated rings. The number of rotatable bonds is 7. The summed E-state index contributed by atoms with van der Waals surface area (Å²) in [5.74, 6) is 0. The number of aliphatic hydroxyl groups excluding tert-OH is 1.